The van der Waals surface area contributed by atoms with Crippen LogP contribution in [0.3, 0.4) is 0 Å². The maximum atomic E-state index is 13.0. The number of sulfonamides is 1. The van der Waals surface area contributed by atoms with Gasteiger partial charge in [-0.1, -0.05) is 37.5 Å². The third kappa shape index (κ3) is 3.90. The molecule has 5 nitrogen and oxygen atoms in total. The second-order valence-corrected chi connectivity index (χ2v) is 9.35. The summed E-state index contributed by atoms with van der Waals surface area (Å²) < 4.78 is 27.3. The van der Waals surface area contributed by atoms with Crippen LogP contribution < -0.4 is 5.32 Å². The Morgan fingerprint density at radius 1 is 1.08 bits per heavy atom. The molecule has 1 saturated carbocycles. The number of amides is 1. The molecule has 2 aliphatic rings. The van der Waals surface area contributed by atoms with E-state index in [0.29, 0.717) is 18.9 Å². The van der Waals surface area contributed by atoms with Crippen molar-refractivity contribution in [3.63, 3.8) is 0 Å². The van der Waals surface area contributed by atoms with Crippen LogP contribution in [-0.4, -0.2) is 37.3 Å². The predicted molar refractivity (Wildman–Crippen MR) is 97.7 cm³/mol. The third-order valence-electron chi connectivity index (χ3n) is 5.57. The minimum atomic E-state index is -3.63. The molecule has 0 unspecified atom stereocenters. The molecule has 1 heterocycles. The van der Waals surface area contributed by atoms with E-state index in [1.807, 2.05) is 6.92 Å². The highest BCUT2D eigenvalue weighted by Crippen LogP contribution is 2.28. The second-order valence-electron chi connectivity index (χ2n) is 7.46. The molecule has 25 heavy (non-hydrogen) atoms. The first-order valence-corrected chi connectivity index (χ1v) is 10.7. The summed E-state index contributed by atoms with van der Waals surface area (Å²) in [7, 11) is -3.63. The molecule has 6 heteroatoms. The summed E-state index contributed by atoms with van der Waals surface area (Å²) in [5.41, 5.74) is 1.01. The molecular formula is C19H28N2O3S. The van der Waals surface area contributed by atoms with Gasteiger partial charge in [-0.15, -0.1) is 0 Å². The van der Waals surface area contributed by atoms with Gasteiger partial charge < -0.3 is 5.32 Å². The molecule has 1 saturated heterocycles. The zero-order chi connectivity index (χ0) is 18.0. The van der Waals surface area contributed by atoms with Crippen LogP contribution in [0.4, 0.5) is 0 Å². The lowest BCUT2D eigenvalue weighted by Gasteiger charge is -2.32. The van der Waals surface area contributed by atoms with E-state index in [9.17, 15) is 13.2 Å². The summed E-state index contributed by atoms with van der Waals surface area (Å²) >= 11 is 0. The Bertz CT molecular complexity index is 715. The van der Waals surface area contributed by atoms with E-state index in [-0.39, 0.29) is 16.8 Å². The SMILES string of the molecule is Cc1ccc(S(=O)(=O)N2CCC[C@@H]2C(=O)N[C@@H]2CCCC[C@@H]2C)cc1. The average molecular weight is 365 g/mol. The van der Waals surface area contributed by atoms with Crippen molar-refractivity contribution < 1.29 is 13.2 Å². The molecule has 1 N–H and O–H groups in total. The van der Waals surface area contributed by atoms with Crippen LogP contribution in [0, 0.1) is 12.8 Å². The fraction of sp³-hybridized carbons (Fsp3) is 0.632. The Morgan fingerprint density at radius 3 is 2.44 bits per heavy atom. The van der Waals surface area contributed by atoms with E-state index in [1.165, 1.54) is 10.7 Å². The van der Waals surface area contributed by atoms with Crippen LogP contribution in [-0.2, 0) is 14.8 Å². The van der Waals surface area contributed by atoms with Crippen molar-refractivity contribution in [2.75, 3.05) is 6.54 Å². The maximum absolute atomic E-state index is 13.0. The molecule has 0 bridgehead atoms. The maximum Gasteiger partial charge on any atom is 0.243 e. The fourth-order valence-corrected chi connectivity index (χ4v) is 5.60. The van der Waals surface area contributed by atoms with Gasteiger partial charge in [0.15, 0.2) is 0 Å². The smallest absolute Gasteiger partial charge is 0.243 e. The van der Waals surface area contributed by atoms with Crippen molar-refractivity contribution in [3.8, 4) is 0 Å². The second kappa shape index (κ2) is 7.46. The Kier molecular flexibility index (Phi) is 5.49. The molecule has 1 aromatic carbocycles. The van der Waals surface area contributed by atoms with Crippen molar-refractivity contribution in [2.24, 2.45) is 5.92 Å². The molecule has 1 aliphatic carbocycles. The summed E-state index contributed by atoms with van der Waals surface area (Å²) in [5, 5.41) is 3.13. The summed E-state index contributed by atoms with van der Waals surface area (Å²) in [4.78, 5) is 13.1. The van der Waals surface area contributed by atoms with Crippen molar-refractivity contribution in [2.45, 2.75) is 69.4 Å². The van der Waals surface area contributed by atoms with Crippen molar-refractivity contribution in [1.82, 2.24) is 9.62 Å². The van der Waals surface area contributed by atoms with Crippen molar-refractivity contribution in [1.29, 1.82) is 0 Å². The zero-order valence-electron chi connectivity index (χ0n) is 15.1. The van der Waals surface area contributed by atoms with Crippen molar-refractivity contribution >= 4 is 15.9 Å². The van der Waals surface area contributed by atoms with Crippen LogP contribution in [0.1, 0.15) is 51.0 Å². The standard InChI is InChI=1S/C19H28N2O3S/c1-14-9-11-16(12-10-14)25(23,24)21-13-5-8-18(21)19(22)20-17-7-4-3-6-15(17)2/h9-12,15,17-18H,3-8,13H2,1-2H3,(H,20,22)/t15-,17+,18+/m0/s1. The van der Waals surface area contributed by atoms with Crippen LogP contribution in [0.15, 0.2) is 29.2 Å². The van der Waals surface area contributed by atoms with Crippen LogP contribution in [0.5, 0.6) is 0 Å². The summed E-state index contributed by atoms with van der Waals surface area (Å²) in [5.74, 6) is 0.327. The number of rotatable bonds is 4. The molecule has 0 aromatic heterocycles. The van der Waals surface area contributed by atoms with Gasteiger partial charge in [0.2, 0.25) is 15.9 Å². The van der Waals surface area contributed by atoms with Gasteiger partial charge in [0.1, 0.15) is 6.04 Å². The quantitative estimate of drug-likeness (QED) is 0.893. The first kappa shape index (κ1) is 18.4. The molecule has 0 spiro atoms. The van der Waals surface area contributed by atoms with E-state index in [4.69, 9.17) is 0 Å². The highest BCUT2D eigenvalue weighted by Gasteiger charge is 2.40. The topological polar surface area (TPSA) is 66.5 Å². The Balaban J connectivity index is 1.75. The number of benzene rings is 1. The van der Waals surface area contributed by atoms with Gasteiger partial charge in [-0.3, -0.25) is 4.79 Å². The Hall–Kier alpha value is -1.40. The fourth-order valence-electron chi connectivity index (χ4n) is 3.95. The predicted octanol–water partition coefficient (Wildman–Crippen LogP) is 2.84. The largest absolute Gasteiger partial charge is 0.352 e. The summed E-state index contributed by atoms with van der Waals surface area (Å²) in [6, 6.07) is 6.43. The van der Waals surface area contributed by atoms with Gasteiger partial charge >= 0.3 is 0 Å². The first-order valence-electron chi connectivity index (χ1n) is 9.28. The summed E-state index contributed by atoms with van der Waals surface area (Å²) in [6.45, 7) is 4.50. The van der Waals surface area contributed by atoms with Crippen LogP contribution >= 0.6 is 0 Å². The minimum Gasteiger partial charge on any atom is -0.352 e. The number of carbonyl (C=O) groups excluding carboxylic acids is 1. The molecular weight excluding hydrogens is 336 g/mol. The monoisotopic (exact) mass is 364 g/mol. The average Bonchev–Trinajstić information content (AvgIpc) is 3.08. The molecule has 1 aliphatic heterocycles. The number of hydrogen-bond donors (Lipinski definition) is 1. The summed E-state index contributed by atoms with van der Waals surface area (Å²) in [6.07, 6.45) is 5.78. The van der Waals surface area contributed by atoms with E-state index in [2.05, 4.69) is 12.2 Å². The van der Waals surface area contributed by atoms with Gasteiger partial charge in [-0.25, -0.2) is 8.42 Å². The molecule has 1 amide bonds. The molecule has 3 rings (SSSR count). The number of hydrogen-bond acceptors (Lipinski definition) is 3. The van der Waals surface area contributed by atoms with E-state index in [0.717, 1.165) is 31.2 Å². The Morgan fingerprint density at radius 2 is 1.76 bits per heavy atom. The zero-order valence-corrected chi connectivity index (χ0v) is 15.9. The van der Waals surface area contributed by atoms with Crippen molar-refractivity contribution in [3.05, 3.63) is 29.8 Å². The molecule has 2 fully saturated rings. The lowest BCUT2D eigenvalue weighted by atomic mass is 9.86. The van der Waals surface area contributed by atoms with Gasteiger partial charge in [-0.05, 0) is 50.7 Å². The minimum absolute atomic E-state index is 0.132. The first-order chi connectivity index (χ1) is 11.9. The number of nitrogens with one attached hydrogen (secondary N) is 1. The normalized spacial score (nSPS) is 28.0. The lowest BCUT2D eigenvalue weighted by Crippen LogP contribution is -2.50. The molecule has 3 atom stereocenters. The lowest BCUT2D eigenvalue weighted by molar-refractivity contribution is -0.125. The van der Waals surface area contributed by atoms with E-state index in [1.54, 1.807) is 24.3 Å². The third-order valence-corrected chi connectivity index (χ3v) is 7.50. The number of aryl methyl sites for hydroxylation is 1. The van der Waals surface area contributed by atoms with Crippen LogP contribution in [0.2, 0.25) is 0 Å². The molecule has 0 radical (unpaired) electrons. The van der Waals surface area contributed by atoms with Gasteiger partial charge in [0.05, 0.1) is 4.90 Å². The molecule has 138 valence electrons. The number of carbonyl (C=O) groups is 1. The Labute approximate surface area is 150 Å². The molecule has 1 aromatic rings. The van der Waals surface area contributed by atoms with E-state index >= 15 is 0 Å². The van der Waals surface area contributed by atoms with Gasteiger partial charge in [-0.2, -0.15) is 4.31 Å². The van der Waals surface area contributed by atoms with Crippen LogP contribution in [0.25, 0.3) is 0 Å². The highest BCUT2D eigenvalue weighted by molar-refractivity contribution is 7.89. The van der Waals surface area contributed by atoms with E-state index < -0.39 is 16.1 Å². The highest BCUT2D eigenvalue weighted by atomic mass is 32.2. The van der Waals surface area contributed by atoms with Gasteiger partial charge in [0, 0.05) is 12.6 Å². The number of nitrogens with zero attached hydrogens (tertiary/aromatic N) is 1. The van der Waals surface area contributed by atoms with Gasteiger partial charge in [0.25, 0.3) is 0 Å².